The molecule has 15 heavy (non-hydrogen) atoms. The molecule has 1 aromatic carbocycles. The summed E-state index contributed by atoms with van der Waals surface area (Å²) in [7, 11) is 1.97. The van der Waals surface area contributed by atoms with Crippen LogP contribution in [-0.4, -0.2) is 9.55 Å². The van der Waals surface area contributed by atoms with Crippen LogP contribution < -0.4 is 9.55 Å². The van der Waals surface area contributed by atoms with E-state index >= 15 is 0 Å². The number of aromatic nitrogens is 4. The minimum absolute atomic E-state index is 0.719. The number of nitrogens with zero attached hydrogens (tertiary/aromatic N) is 4. The highest BCUT2D eigenvalue weighted by Crippen LogP contribution is 2.11. The van der Waals surface area contributed by atoms with Gasteiger partial charge in [0.2, 0.25) is 0 Å². The predicted molar refractivity (Wildman–Crippen MR) is 55.6 cm³/mol. The first-order chi connectivity index (χ1) is 7.33. The van der Waals surface area contributed by atoms with Gasteiger partial charge in [-0.05, 0) is 6.20 Å². The van der Waals surface area contributed by atoms with Crippen molar-refractivity contribution in [2.45, 2.75) is 0 Å². The van der Waals surface area contributed by atoms with E-state index in [1.165, 1.54) is 0 Å². The maximum atomic E-state index is 4.43. The van der Waals surface area contributed by atoms with E-state index in [1.54, 1.807) is 0 Å². The van der Waals surface area contributed by atoms with Crippen LogP contribution in [0.3, 0.4) is 0 Å². The summed E-state index contributed by atoms with van der Waals surface area (Å²) >= 11 is 0. The van der Waals surface area contributed by atoms with Gasteiger partial charge in [0.1, 0.15) is 6.33 Å². The first-order valence-electron chi connectivity index (χ1n) is 4.76. The normalized spacial score (nSPS) is 11.0. The summed E-state index contributed by atoms with van der Waals surface area (Å²) in [6.07, 6.45) is 5.84. The second kappa shape index (κ2) is 2.95. The van der Waals surface area contributed by atoms with E-state index in [4.69, 9.17) is 0 Å². The van der Waals surface area contributed by atoms with Crippen molar-refractivity contribution in [1.82, 2.24) is 14.5 Å². The van der Waals surface area contributed by atoms with Crippen molar-refractivity contribution in [3.63, 3.8) is 0 Å². The fourth-order valence-electron chi connectivity index (χ4n) is 1.58. The molecule has 2 heterocycles. The third kappa shape index (κ3) is 1.30. The van der Waals surface area contributed by atoms with Gasteiger partial charge in [-0.2, -0.15) is 0 Å². The van der Waals surface area contributed by atoms with Crippen LogP contribution in [0.2, 0.25) is 0 Å². The Morgan fingerprint density at radius 1 is 1.33 bits per heavy atom. The van der Waals surface area contributed by atoms with Crippen LogP contribution in [0.15, 0.2) is 43.0 Å². The Kier molecular flexibility index (Phi) is 1.62. The number of benzene rings is 1. The van der Waals surface area contributed by atoms with Gasteiger partial charge in [0, 0.05) is 17.0 Å². The molecule has 0 aliphatic rings. The van der Waals surface area contributed by atoms with Gasteiger partial charge in [-0.1, -0.05) is 24.3 Å². The highest BCUT2D eigenvalue weighted by molar-refractivity contribution is 5.75. The number of fused-ring (bicyclic) bond motifs is 1. The Morgan fingerprint density at radius 3 is 2.93 bits per heavy atom. The van der Waals surface area contributed by atoms with Crippen LogP contribution in [-0.2, 0) is 7.05 Å². The van der Waals surface area contributed by atoms with Gasteiger partial charge in [0.15, 0.2) is 0 Å². The van der Waals surface area contributed by atoms with Gasteiger partial charge in [-0.25, -0.2) is 0 Å². The fourth-order valence-corrected chi connectivity index (χ4v) is 1.58. The lowest BCUT2D eigenvalue weighted by molar-refractivity contribution is -0.670. The monoisotopic (exact) mass is 198 g/mol. The van der Waals surface area contributed by atoms with E-state index in [0.717, 1.165) is 17.0 Å². The predicted octanol–water partition coefficient (Wildman–Crippen LogP) is 0.807. The lowest BCUT2D eigenvalue weighted by Gasteiger charge is -2.02. The van der Waals surface area contributed by atoms with Crippen molar-refractivity contribution in [3.8, 4) is 5.95 Å². The molecule has 0 atom stereocenters. The Hall–Kier alpha value is -2.10. The molecule has 3 rings (SSSR count). The van der Waals surface area contributed by atoms with Crippen LogP contribution in [0.4, 0.5) is 0 Å². The molecule has 2 aromatic heterocycles. The minimum atomic E-state index is 0.719. The second-order valence-corrected chi connectivity index (χ2v) is 3.50. The lowest BCUT2D eigenvalue weighted by atomic mass is 10.3. The summed E-state index contributed by atoms with van der Waals surface area (Å²) in [6, 6.07) is 7.87. The molecular weight excluding hydrogens is 188 g/mol. The highest BCUT2D eigenvalue weighted by atomic mass is 15.2. The second-order valence-electron chi connectivity index (χ2n) is 3.50. The summed E-state index contributed by atoms with van der Waals surface area (Å²) in [4.78, 5) is 8.87. The maximum absolute atomic E-state index is 4.43. The van der Waals surface area contributed by atoms with Crippen molar-refractivity contribution in [3.05, 3.63) is 43.0 Å². The summed E-state index contributed by atoms with van der Waals surface area (Å²) < 4.78 is 3.86. The molecule has 0 unspecified atom stereocenters. The zero-order chi connectivity index (χ0) is 10.3. The van der Waals surface area contributed by atoms with Crippen LogP contribution in [0, 0.1) is 0 Å². The molecule has 4 nitrogen and oxygen atoms in total. The first kappa shape index (κ1) is 8.23. The Labute approximate surface area is 86.8 Å². The first-order valence-corrected chi connectivity index (χ1v) is 4.76. The SMILES string of the molecule is C[n+]1ccn(-c2nc3ccccc3[n-]2)c1. The largest absolute Gasteiger partial charge is 0.358 e. The van der Waals surface area contributed by atoms with Gasteiger partial charge >= 0.3 is 0 Å². The van der Waals surface area contributed by atoms with Crippen LogP contribution in [0.1, 0.15) is 0 Å². The van der Waals surface area contributed by atoms with Gasteiger partial charge in [0.05, 0.1) is 13.2 Å². The molecule has 0 bridgehead atoms. The molecule has 0 saturated carbocycles. The van der Waals surface area contributed by atoms with E-state index < -0.39 is 0 Å². The van der Waals surface area contributed by atoms with Crippen molar-refractivity contribution in [1.29, 1.82) is 0 Å². The van der Waals surface area contributed by atoms with Crippen LogP contribution in [0.5, 0.6) is 0 Å². The molecule has 0 saturated heterocycles. The summed E-state index contributed by atoms with van der Waals surface area (Å²) in [5.41, 5.74) is 1.87. The van der Waals surface area contributed by atoms with Gasteiger partial charge in [-0.3, -0.25) is 4.57 Å². The van der Waals surface area contributed by atoms with Gasteiger partial charge in [-0.15, -0.1) is 0 Å². The van der Waals surface area contributed by atoms with Crippen LogP contribution in [0.25, 0.3) is 17.0 Å². The Balaban J connectivity index is 2.19. The smallest absolute Gasteiger partial charge is 0.108 e. The molecule has 0 aliphatic carbocycles. The lowest BCUT2D eigenvalue weighted by Crippen LogP contribution is -2.23. The number of imidazole rings is 2. The summed E-state index contributed by atoms with van der Waals surface area (Å²) in [5.74, 6) is 0.719. The molecule has 0 spiro atoms. The van der Waals surface area contributed by atoms with Crippen molar-refractivity contribution in [2.24, 2.45) is 7.05 Å². The zero-order valence-corrected chi connectivity index (χ0v) is 8.33. The van der Waals surface area contributed by atoms with Crippen molar-refractivity contribution < 1.29 is 4.57 Å². The van der Waals surface area contributed by atoms with E-state index in [-0.39, 0.29) is 0 Å². The van der Waals surface area contributed by atoms with Crippen LogP contribution >= 0.6 is 0 Å². The fraction of sp³-hybridized carbons (Fsp3) is 0.0909. The molecule has 4 heteroatoms. The van der Waals surface area contributed by atoms with Crippen molar-refractivity contribution >= 4 is 11.0 Å². The Morgan fingerprint density at radius 2 is 2.20 bits per heavy atom. The molecular formula is C11H10N4. The third-order valence-corrected chi connectivity index (χ3v) is 2.32. The molecule has 0 fully saturated rings. The average Bonchev–Trinajstić information content (AvgIpc) is 2.82. The molecule has 0 aliphatic heterocycles. The number of aryl methyl sites for hydroxylation is 1. The average molecular weight is 198 g/mol. The molecule has 0 radical (unpaired) electrons. The van der Waals surface area contributed by atoms with E-state index in [1.807, 2.05) is 59.2 Å². The molecule has 74 valence electrons. The molecule has 0 amide bonds. The molecule has 3 aromatic rings. The summed E-state index contributed by atoms with van der Waals surface area (Å²) in [6.45, 7) is 0. The topological polar surface area (TPSA) is 35.8 Å². The minimum Gasteiger partial charge on any atom is -0.358 e. The molecule has 0 N–H and O–H groups in total. The standard InChI is InChI=1S/C11H10N4/c1-14-6-7-15(8-14)11-12-9-4-2-3-5-10(9)13-11/h2-8H,1H3. The van der Waals surface area contributed by atoms with Gasteiger partial charge < -0.3 is 14.5 Å². The quantitative estimate of drug-likeness (QED) is 0.542. The van der Waals surface area contributed by atoms with E-state index in [2.05, 4.69) is 9.97 Å². The van der Waals surface area contributed by atoms with Crippen molar-refractivity contribution in [2.75, 3.05) is 0 Å². The number of hydrogen-bond acceptors (Lipinski definition) is 1. The number of rotatable bonds is 1. The van der Waals surface area contributed by atoms with E-state index in [0.29, 0.717) is 0 Å². The maximum Gasteiger partial charge on any atom is 0.108 e. The highest BCUT2D eigenvalue weighted by Gasteiger charge is 1.95. The number of para-hydroxylation sites is 2. The Bertz CT molecular complexity index is 573. The van der Waals surface area contributed by atoms with E-state index in [9.17, 15) is 0 Å². The number of hydrogen-bond donors (Lipinski definition) is 0. The third-order valence-electron chi connectivity index (χ3n) is 2.32. The van der Waals surface area contributed by atoms with Gasteiger partial charge in [0.25, 0.3) is 0 Å². The summed E-state index contributed by atoms with van der Waals surface area (Å²) in [5, 5.41) is 0. The zero-order valence-electron chi connectivity index (χ0n) is 8.33.